The van der Waals surface area contributed by atoms with E-state index >= 15 is 0 Å². The maximum atomic E-state index is 2.55. The summed E-state index contributed by atoms with van der Waals surface area (Å²) >= 11 is 1.93. The average molecular weight is 812 g/mol. The molecule has 2 heteroatoms. The van der Waals surface area contributed by atoms with Crippen LogP contribution in [0.4, 0.5) is 17.1 Å². The Morgan fingerprint density at radius 3 is 1.87 bits per heavy atom. The van der Waals surface area contributed by atoms with Gasteiger partial charge in [-0.15, -0.1) is 11.3 Å². The lowest BCUT2D eigenvalue weighted by Crippen LogP contribution is -2.21. The van der Waals surface area contributed by atoms with E-state index in [0.29, 0.717) is 0 Å². The number of fused-ring (bicyclic) bond motifs is 13. The van der Waals surface area contributed by atoms with Gasteiger partial charge in [-0.2, -0.15) is 0 Å². The molecule has 1 nitrogen and oxygen atoms in total. The summed E-state index contributed by atoms with van der Waals surface area (Å²) in [7, 11) is 0. The molecule has 3 aliphatic rings. The first-order valence-corrected chi connectivity index (χ1v) is 23.1. The number of hydrogen-bond donors (Lipinski definition) is 0. The summed E-state index contributed by atoms with van der Waals surface area (Å²) in [6.45, 7) is 4.78. The third kappa shape index (κ3) is 5.08. The van der Waals surface area contributed by atoms with Crippen LogP contribution in [0.3, 0.4) is 0 Å². The summed E-state index contributed by atoms with van der Waals surface area (Å²) in [6, 6.07) is 71.2. The first kappa shape index (κ1) is 36.0. The van der Waals surface area contributed by atoms with Crippen LogP contribution < -0.4 is 4.90 Å². The molecule has 62 heavy (non-hydrogen) atoms. The molecule has 1 fully saturated rings. The van der Waals surface area contributed by atoms with Crippen molar-refractivity contribution in [2.45, 2.75) is 50.4 Å². The van der Waals surface area contributed by atoms with Gasteiger partial charge in [-0.25, -0.2) is 0 Å². The Bertz CT molecular complexity index is 3450. The van der Waals surface area contributed by atoms with Gasteiger partial charge in [0.25, 0.3) is 0 Å². The summed E-state index contributed by atoms with van der Waals surface area (Å²) in [5, 5.41) is 5.29. The smallest absolute Gasteiger partial charge is 0.0467 e. The molecule has 9 aromatic carbocycles. The molecule has 0 aliphatic heterocycles. The van der Waals surface area contributed by atoms with E-state index in [4.69, 9.17) is 0 Å². The SMILES string of the molecule is CC1(C)c2ccccc2-c2cccc(-c3cccc(N(c4ccc(-c5cccc6c5sc5c7ccccc7ccc65)cc4)c4ccc5c(c4)C4(CCCC4)c4ccccc4-5)c3)c21. The second-order valence-corrected chi connectivity index (χ2v) is 19.4. The van der Waals surface area contributed by atoms with Gasteiger partial charge in [0.1, 0.15) is 0 Å². The normalized spacial score (nSPS) is 15.3. The number of nitrogens with zero attached hydrogens (tertiary/aromatic N) is 1. The molecule has 0 atom stereocenters. The van der Waals surface area contributed by atoms with E-state index in [1.807, 2.05) is 11.3 Å². The second-order valence-electron chi connectivity index (χ2n) is 18.3. The van der Waals surface area contributed by atoms with Crippen molar-refractivity contribution in [3.8, 4) is 44.5 Å². The highest BCUT2D eigenvalue weighted by molar-refractivity contribution is 7.27. The molecule has 0 unspecified atom stereocenters. The van der Waals surface area contributed by atoms with Gasteiger partial charge in [-0.1, -0.05) is 178 Å². The van der Waals surface area contributed by atoms with E-state index in [1.165, 1.54) is 129 Å². The van der Waals surface area contributed by atoms with Gasteiger partial charge in [0.2, 0.25) is 0 Å². The van der Waals surface area contributed by atoms with Crippen molar-refractivity contribution in [1.82, 2.24) is 0 Å². The number of benzene rings is 9. The standard InChI is InChI=1S/C60H45NS/c1-59(2)53-24-7-5-19-48(53)50-22-12-20-44(56(50)59)40-15-11-16-42(36-40)61(43-31-33-49-47-18-6-8-25-54(47)60(55(49)37-43)34-9-10-35-60)41-29-26-39(27-30-41)46-21-13-23-51-52-32-28-38-14-3-4-17-45(38)58(52)62-57(46)51/h3-8,11-33,36-37H,9-10,34-35H2,1-2H3. The molecule has 1 heterocycles. The fourth-order valence-corrected chi connectivity index (χ4v) is 13.4. The highest BCUT2D eigenvalue weighted by Gasteiger charge is 2.45. The summed E-state index contributed by atoms with van der Waals surface area (Å²) in [5.74, 6) is 0. The third-order valence-electron chi connectivity index (χ3n) is 14.8. The van der Waals surface area contributed by atoms with E-state index in [1.54, 1.807) is 0 Å². The zero-order valence-corrected chi connectivity index (χ0v) is 35.9. The second kappa shape index (κ2) is 13.4. The van der Waals surface area contributed by atoms with Gasteiger partial charge >= 0.3 is 0 Å². The Balaban J connectivity index is 0.971. The highest BCUT2D eigenvalue weighted by atomic mass is 32.1. The van der Waals surface area contributed by atoms with E-state index in [9.17, 15) is 0 Å². The topological polar surface area (TPSA) is 3.24 Å². The minimum absolute atomic E-state index is 0.0821. The lowest BCUT2D eigenvalue weighted by molar-refractivity contribution is 0.550. The fourth-order valence-electron chi connectivity index (χ4n) is 12.0. The molecule has 0 amide bonds. The zero-order valence-electron chi connectivity index (χ0n) is 35.1. The van der Waals surface area contributed by atoms with Crippen molar-refractivity contribution in [3.05, 3.63) is 210 Å². The number of rotatable bonds is 5. The third-order valence-corrected chi connectivity index (χ3v) is 16.1. The van der Waals surface area contributed by atoms with E-state index in [2.05, 4.69) is 207 Å². The van der Waals surface area contributed by atoms with Gasteiger partial charge < -0.3 is 4.90 Å². The molecular weight excluding hydrogens is 767 g/mol. The molecule has 10 aromatic rings. The van der Waals surface area contributed by atoms with Gasteiger partial charge in [0.05, 0.1) is 0 Å². The Labute approximate surface area is 367 Å². The highest BCUT2D eigenvalue weighted by Crippen LogP contribution is 2.58. The van der Waals surface area contributed by atoms with Crippen LogP contribution in [0.2, 0.25) is 0 Å². The molecule has 13 rings (SSSR count). The van der Waals surface area contributed by atoms with Gasteiger partial charge in [-0.05, 0) is 127 Å². The molecular formula is C60H45NS. The minimum Gasteiger partial charge on any atom is -0.310 e. The van der Waals surface area contributed by atoms with Crippen LogP contribution in [0.5, 0.6) is 0 Å². The lowest BCUT2D eigenvalue weighted by Gasteiger charge is -2.30. The van der Waals surface area contributed by atoms with Crippen molar-refractivity contribution >= 4 is 59.3 Å². The molecule has 0 N–H and O–H groups in total. The van der Waals surface area contributed by atoms with E-state index in [0.717, 1.165) is 11.4 Å². The number of thiophene rings is 1. The predicted octanol–water partition coefficient (Wildman–Crippen LogP) is 17.2. The predicted molar refractivity (Wildman–Crippen MR) is 265 cm³/mol. The van der Waals surface area contributed by atoms with Crippen LogP contribution in [0.15, 0.2) is 188 Å². The molecule has 1 saturated carbocycles. The molecule has 0 saturated heterocycles. The van der Waals surface area contributed by atoms with E-state index in [-0.39, 0.29) is 10.8 Å². The van der Waals surface area contributed by atoms with Crippen LogP contribution in [0.25, 0.3) is 75.5 Å². The van der Waals surface area contributed by atoms with Crippen molar-refractivity contribution in [2.75, 3.05) is 4.90 Å². The summed E-state index contributed by atoms with van der Waals surface area (Å²) in [5.41, 5.74) is 19.9. The largest absolute Gasteiger partial charge is 0.310 e. The zero-order chi connectivity index (χ0) is 41.2. The van der Waals surface area contributed by atoms with Crippen molar-refractivity contribution < 1.29 is 0 Å². The molecule has 0 radical (unpaired) electrons. The molecule has 296 valence electrons. The Morgan fingerprint density at radius 2 is 1.02 bits per heavy atom. The van der Waals surface area contributed by atoms with Crippen LogP contribution >= 0.6 is 11.3 Å². The first-order valence-electron chi connectivity index (χ1n) is 22.3. The molecule has 1 spiro atoms. The Kier molecular flexibility index (Phi) is 7.76. The summed E-state index contributed by atoms with van der Waals surface area (Å²) in [4.78, 5) is 2.51. The van der Waals surface area contributed by atoms with Crippen LogP contribution in [0.1, 0.15) is 61.8 Å². The lowest BCUT2D eigenvalue weighted by atomic mass is 9.76. The van der Waals surface area contributed by atoms with Crippen LogP contribution in [-0.4, -0.2) is 0 Å². The Morgan fingerprint density at radius 1 is 0.403 bits per heavy atom. The summed E-state index contributed by atoms with van der Waals surface area (Å²) < 4.78 is 2.71. The summed E-state index contributed by atoms with van der Waals surface area (Å²) in [6.07, 6.45) is 4.97. The maximum absolute atomic E-state index is 2.55. The molecule has 0 bridgehead atoms. The fraction of sp³-hybridized carbons (Fsp3) is 0.133. The molecule has 3 aliphatic carbocycles. The van der Waals surface area contributed by atoms with Gasteiger partial charge in [0, 0.05) is 48.1 Å². The minimum atomic E-state index is -0.108. The Hall–Kier alpha value is -6.74. The number of anilines is 3. The first-order chi connectivity index (χ1) is 30.5. The monoisotopic (exact) mass is 811 g/mol. The maximum Gasteiger partial charge on any atom is 0.0467 e. The van der Waals surface area contributed by atoms with Crippen molar-refractivity contribution in [1.29, 1.82) is 0 Å². The van der Waals surface area contributed by atoms with Crippen LogP contribution in [0, 0.1) is 0 Å². The number of hydrogen-bond acceptors (Lipinski definition) is 2. The van der Waals surface area contributed by atoms with Gasteiger partial charge in [0.15, 0.2) is 0 Å². The van der Waals surface area contributed by atoms with Crippen molar-refractivity contribution in [3.63, 3.8) is 0 Å². The van der Waals surface area contributed by atoms with Crippen molar-refractivity contribution in [2.24, 2.45) is 0 Å². The van der Waals surface area contributed by atoms with E-state index < -0.39 is 0 Å². The van der Waals surface area contributed by atoms with Crippen LogP contribution in [-0.2, 0) is 10.8 Å². The quantitative estimate of drug-likeness (QED) is 0.167. The molecule has 1 aromatic heterocycles. The average Bonchev–Trinajstić information content (AvgIpc) is 4.09. The van der Waals surface area contributed by atoms with Gasteiger partial charge in [-0.3, -0.25) is 0 Å².